The van der Waals surface area contributed by atoms with Crippen molar-refractivity contribution in [3.8, 4) is 0 Å². The molecule has 192 valence electrons. The SMILES string of the molecule is CC(C)(C)[Si@H](O[Si](O[Si@H](c1ccccc1)C(C)(C)C)(c1ccccc1)c1ccccc1)c1ccccc1. The minimum absolute atomic E-state index is 0.00193. The molecule has 0 saturated carbocycles. The van der Waals surface area contributed by atoms with Crippen LogP contribution in [0, 0.1) is 0 Å². The molecule has 2 nitrogen and oxygen atoms in total. The number of benzene rings is 4. The van der Waals surface area contributed by atoms with E-state index in [1.54, 1.807) is 0 Å². The molecule has 0 spiro atoms. The highest BCUT2D eigenvalue weighted by Crippen LogP contribution is 2.33. The minimum Gasteiger partial charge on any atom is -0.428 e. The monoisotopic (exact) mass is 540 g/mol. The first-order valence-electron chi connectivity index (χ1n) is 13.2. The molecule has 37 heavy (non-hydrogen) atoms. The van der Waals surface area contributed by atoms with Crippen LogP contribution in [0.5, 0.6) is 0 Å². The van der Waals surface area contributed by atoms with Gasteiger partial charge in [0, 0.05) is 0 Å². The van der Waals surface area contributed by atoms with Crippen LogP contribution in [0.25, 0.3) is 0 Å². The Balaban J connectivity index is 1.97. The maximum atomic E-state index is 7.70. The molecule has 5 heteroatoms. The van der Waals surface area contributed by atoms with E-state index in [-0.39, 0.29) is 10.1 Å². The van der Waals surface area contributed by atoms with Crippen LogP contribution in [-0.4, -0.2) is 26.6 Å². The molecule has 0 amide bonds. The zero-order chi connectivity index (χ0) is 26.5. The Labute approximate surface area is 228 Å². The van der Waals surface area contributed by atoms with Crippen molar-refractivity contribution >= 4 is 47.4 Å². The normalized spacial score (nSPS) is 14.2. The Morgan fingerprint density at radius 2 is 0.703 bits per heavy atom. The molecule has 4 aromatic carbocycles. The summed E-state index contributed by atoms with van der Waals surface area (Å²) in [5, 5.41) is 4.98. The van der Waals surface area contributed by atoms with E-state index in [4.69, 9.17) is 8.23 Å². The first-order chi connectivity index (χ1) is 17.6. The van der Waals surface area contributed by atoms with Gasteiger partial charge < -0.3 is 8.23 Å². The summed E-state index contributed by atoms with van der Waals surface area (Å²) in [5.41, 5.74) is 0. The zero-order valence-electron chi connectivity index (χ0n) is 23.0. The first kappa shape index (κ1) is 27.5. The van der Waals surface area contributed by atoms with Crippen molar-refractivity contribution in [3.05, 3.63) is 121 Å². The van der Waals surface area contributed by atoms with Crippen LogP contribution in [0.4, 0.5) is 0 Å². The van der Waals surface area contributed by atoms with E-state index in [0.29, 0.717) is 0 Å². The van der Waals surface area contributed by atoms with Crippen LogP contribution in [-0.2, 0) is 8.23 Å². The van der Waals surface area contributed by atoms with Gasteiger partial charge in [-0.25, -0.2) is 0 Å². The predicted molar refractivity (Wildman–Crippen MR) is 166 cm³/mol. The summed E-state index contributed by atoms with van der Waals surface area (Å²) in [5.74, 6) is 0. The van der Waals surface area contributed by atoms with Gasteiger partial charge in [-0.1, -0.05) is 163 Å². The lowest BCUT2D eigenvalue weighted by molar-refractivity contribution is 0.403. The summed E-state index contributed by atoms with van der Waals surface area (Å²) < 4.78 is 15.4. The summed E-state index contributed by atoms with van der Waals surface area (Å²) in [6, 6.07) is 43.2. The summed E-state index contributed by atoms with van der Waals surface area (Å²) in [6.07, 6.45) is 0. The highest BCUT2D eigenvalue weighted by molar-refractivity contribution is 7.01. The molecule has 0 unspecified atom stereocenters. The number of rotatable bonds is 8. The highest BCUT2D eigenvalue weighted by Gasteiger charge is 2.50. The lowest BCUT2D eigenvalue weighted by Gasteiger charge is -2.44. The fraction of sp³-hybridized carbons (Fsp3) is 0.250. The van der Waals surface area contributed by atoms with E-state index in [9.17, 15) is 0 Å². The molecule has 0 aliphatic rings. The van der Waals surface area contributed by atoms with E-state index in [0.717, 1.165) is 0 Å². The molecule has 4 rings (SSSR count). The number of hydrogen-bond acceptors (Lipinski definition) is 2. The molecule has 4 aromatic rings. The van der Waals surface area contributed by atoms with Gasteiger partial charge >= 0.3 is 8.56 Å². The first-order valence-corrected chi connectivity index (χ1v) is 18.2. The fourth-order valence-corrected chi connectivity index (χ4v) is 19.1. The lowest BCUT2D eigenvalue weighted by Crippen LogP contribution is -2.71. The van der Waals surface area contributed by atoms with E-state index in [1.165, 1.54) is 20.7 Å². The van der Waals surface area contributed by atoms with Crippen LogP contribution in [0.2, 0.25) is 10.1 Å². The second kappa shape index (κ2) is 11.5. The Bertz CT molecular complexity index is 1130. The average molecular weight is 541 g/mol. The predicted octanol–water partition coefficient (Wildman–Crippen LogP) is 5.14. The third kappa shape index (κ3) is 6.48. The van der Waals surface area contributed by atoms with Gasteiger partial charge in [0.25, 0.3) is 0 Å². The third-order valence-electron chi connectivity index (χ3n) is 6.65. The van der Waals surface area contributed by atoms with Gasteiger partial charge in [0.2, 0.25) is 18.1 Å². The standard InChI is InChI=1S/C32H40O2Si3/c1-31(2,3)35(27-19-11-7-12-20-27)33-37(29-23-15-9-16-24-29,30-25-17-10-18-26-30)34-36(32(4,5)6)28-21-13-8-14-22-28/h7-26,35-36H,1-6H3/t35-,36-/m1/s1. The molecule has 0 fully saturated rings. The Morgan fingerprint density at radius 1 is 0.432 bits per heavy atom. The molecule has 0 N–H and O–H groups in total. The smallest absolute Gasteiger partial charge is 0.386 e. The van der Waals surface area contributed by atoms with Gasteiger partial charge in [-0.3, -0.25) is 0 Å². The summed E-state index contributed by atoms with van der Waals surface area (Å²) in [6.45, 7) is 13.9. The Kier molecular flexibility index (Phi) is 8.51. The van der Waals surface area contributed by atoms with Crippen LogP contribution >= 0.6 is 0 Å². The summed E-state index contributed by atoms with van der Waals surface area (Å²) in [4.78, 5) is 0. The van der Waals surface area contributed by atoms with E-state index in [1.807, 2.05) is 0 Å². The number of hydrogen-bond donors (Lipinski definition) is 0. The maximum Gasteiger partial charge on any atom is 0.386 e. The summed E-state index contributed by atoms with van der Waals surface area (Å²) in [7, 11) is -7.12. The van der Waals surface area contributed by atoms with Gasteiger partial charge in [-0.05, 0) is 30.8 Å². The topological polar surface area (TPSA) is 18.5 Å². The third-order valence-corrected chi connectivity index (χ3v) is 18.5. The molecule has 0 bridgehead atoms. The molecule has 0 saturated heterocycles. The average Bonchev–Trinajstić information content (AvgIpc) is 2.90. The molecule has 0 aromatic heterocycles. The molecular formula is C32H40O2Si3. The highest BCUT2D eigenvalue weighted by atomic mass is 28.5. The van der Waals surface area contributed by atoms with Crippen LogP contribution in [0.3, 0.4) is 0 Å². The molecule has 0 radical (unpaired) electrons. The van der Waals surface area contributed by atoms with Gasteiger partial charge in [0.05, 0.1) is 0 Å². The molecule has 0 aliphatic carbocycles. The molecular weight excluding hydrogens is 501 g/mol. The van der Waals surface area contributed by atoms with Crippen molar-refractivity contribution < 1.29 is 8.23 Å². The van der Waals surface area contributed by atoms with Crippen molar-refractivity contribution in [2.45, 2.75) is 51.6 Å². The van der Waals surface area contributed by atoms with Crippen LogP contribution in [0.1, 0.15) is 41.5 Å². The van der Waals surface area contributed by atoms with Crippen molar-refractivity contribution in [1.29, 1.82) is 0 Å². The quantitative estimate of drug-likeness (QED) is 0.288. The molecule has 2 atom stereocenters. The second-order valence-electron chi connectivity index (χ2n) is 11.9. The van der Waals surface area contributed by atoms with E-state index < -0.39 is 26.6 Å². The van der Waals surface area contributed by atoms with Crippen molar-refractivity contribution in [1.82, 2.24) is 0 Å². The minimum atomic E-state index is -3.14. The van der Waals surface area contributed by atoms with Gasteiger partial charge in [0.15, 0.2) is 0 Å². The van der Waals surface area contributed by atoms with Gasteiger partial charge in [-0.15, -0.1) is 0 Å². The molecule has 0 heterocycles. The largest absolute Gasteiger partial charge is 0.428 e. The van der Waals surface area contributed by atoms with Crippen molar-refractivity contribution in [3.63, 3.8) is 0 Å². The molecule has 0 aliphatic heterocycles. The van der Waals surface area contributed by atoms with Crippen LogP contribution < -0.4 is 20.7 Å². The van der Waals surface area contributed by atoms with Gasteiger partial charge in [-0.2, -0.15) is 0 Å². The van der Waals surface area contributed by atoms with Gasteiger partial charge in [0.1, 0.15) is 0 Å². The fourth-order valence-electron chi connectivity index (χ4n) is 4.86. The maximum absolute atomic E-state index is 7.70. The van der Waals surface area contributed by atoms with E-state index >= 15 is 0 Å². The second-order valence-corrected chi connectivity index (χ2v) is 22.5. The summed E-state index contributed by atoms with van der Waals surface area (Å²) >= 11 is 0. The Hall–Kier alpha value is -2.55. The lowest BCUT2D eigenvalue weighted by atomic mass is 10.2. The van der Waals surface area contributed by atoms with Crippen molar-refractivity contribution in [2.24, 2.45) is 0 Å². The van der Waals surface area contributed by atoms with Crippen molar-refractivity contribution in [2.75, 3.05) is 0 Å². The van der Waals surface area contributed by atoms with E-state index in [2.05, 4.69) is 163 Å². The van der Waals surface area contributed by atoms with Crippen LogP contribution in [0.15, 0.2) is 121 Å². The zero-order valence-corrected chi connectivity index (χ0v) is 26.3. The Morgan fingerprint density at radius 3 is 0.973 bits per heavy atom.